The third-order valence-electron chi connectivity index (χ3n) is 4.98. The first kappa shape index (κ1) is 22.5. The van der Waals surface area contributed by atoms with E-state index < -0.39 is 42.9 Å². The van der Waals surface area contributed by atoms with Gasteiger partial charge < -0.3 is 10.8 Å². The molecule has 3 rings (SSSR count). The number of carbonyl (C=O) groups is 1. The summed E-state index contributed by atoms with van der Waals surface area (Å²) in [5.41, 5.74) is 5.55. The second-order valence-corrected chi connectivity index (χ2v) is 10.6. The SMILES string of the molecule is C=C[C@@H]1C[C@]1(N)C(=O)NS(=O)(=O)C1(CO)CC1.Cc1ccc(S(=O)(=O)O)cc1. The molecule has 2 atom stereocenters. The second kappa shape index (κ2) is 7.56. The molecule has 11 heteroatoms. The van der Waals surface area contributed by atoms with Crippen LogP contribution in [0.2, 0.25) is 0 Å². The molecule has 2 aliphatic carbocycles. The lowest BCUT2D eigenvalue weighted by Gasteiger charge is -2.17. The van der Waals surface area contributed by atoms with Crippen molar-refractivity contribution in [1.29, 1.82) is 0 Å². The summed E-state index contributed by atoms with van der Waals surface area (Å²) in [6.45, 7) is 4.89. The van der Waals surface area contributed by atoms with Gasteiger partial charge in [-0.1, -0.05) is 23.8 Å². The molecule has 0 aromatic heterocycles. The van der Waals surface area contributed by atoms with Crippen molar-refractivity contribution in [3.63, 3.8) is 0 Å². The smallest absolute Gasteiger partial charge is 0.294 e. The minimum absolute atomic E-state index is 0.0666. The molecule has 2 fully saturated rings. The summed E-state index contributed by atoms with van der Waals surface area (Å²) in [6.07, 6.45) is 2.69. The highest BCUT2D eigenvalue weighted by Gasteiger charge is 2.60. The Bertz CT molecular complexity index is 967. The van der Waals surface area contributed by atoms with Gasteiger partial charge in [-0.3, -0.25) is 14.1 Å². The van der Waals surface area contributed by atoms with E-state index >= 15 is 0 Å². The van der Waals surface area contributed by atoms with Gasteiger partial charge in [0.1, 0.15) is 10.3 Å². The van der Waals surface area contributed by atoms with Crippen molar-refractivity contribution in [3.8, 4) is 0 Å². The van der Waals surface area contributed by atoms with Gasteiger partial charge in [-0.2, -0.15) is 8.42 Å². The van der Waals surface area contributed by atoms with E-state index in [9.17, 15) is 21.6 Å². The number of carbonyl (C=O) groups excluding carboxylic acids is 1. The quantitative estimate of drug-likeness (QED) is 0.363. The van der Waals surface area contributed by atoms with E-state index in [2.05, 4.69) is 6.58 Å². The summed E-state index contributed by atoms with van der Waals surface area (Å²) < 4.78 is 54.1. The van der Waals surface area contributed by atoms with Crippen LogP contribution in [0.4, 0.5) is 0 Å². The van der Waals surface area contributed by atoms with E-state index in [0.29, 0.717) is 19.3 Å². The first-order chi connectivity index (χ1) is 12.8. The molecule has 9 nitrogen and oxygen atoms in total. The van der Waals surface area contributed by atoms with Gasteiger partial charge in [0.25, 0.3) is 16.0 Å². The molecule has 1 aromatic carbocycles. The van der Waals surface area contributed by atoms with Gasteiger partial charge in [-0.25, -0.2) is 8.42 Å². The summed E-state index contributed by atoms with van der Waals surface area (Å²) in [7, 11) is -7.86. The number of aliphatic hydroxyl groups excluding tert-OH is 1. The Morgan fingerprint density at radius 2 is 1.82 bits per heavy atom. The zero-order valence-electron chi connectivity index (χ0n) is 15.3. The summed E-state index contributed by atoms with van der Waals surface area (Å²) >= 11 is 0. The number of rotatable bonds is 6. The van der Waals surface area contributed by atoms with Crippen LogP contribution in [-0.2, 0) is 24.9 Å². The fourth-order valence-corrected chi connectivity index (χ4v) is 4.49. The van der Waals surface area contributed by atoms with E-state index in [4.69, 9.17) is 15.4 Å². The average molecular weight is 433 g/mol. The van der Waals surface area contributed by atoms with Gasteiger partial charge in [0.2, 0.25) is 10.0 Å². The normalized spacial score (nSPS) is 25.1. The molecule has 0 bridgehead atoms. The van der Waals surface area contributed by atoms with Crippen molar-refractivity contribution in [2.75, 3.05) is 6.61 Å². The molecule has 0 unspecified atom stereocenters. The molecular formula is C17H24N2O7S2. The Hall–Kier alpha value is -1.79. The van der Waals surface area contributed by atoms with E-state index in [1.807, 2.05) is 11.6 Å². The van der Waals surface area contributed by atoms with Gasteiger partial charge in [-0.15, -0.1) is 6.58 Å². The number of sulfonamides is 1. The van der Waals surface area contributed by atoms with Crippen molar-refractivity contribution in [3.05, 3.63) is 42.5 Å². The molecule has 0 aliphatic heterocycles. The minimum Gasteiger partial charge on any atom is -0.395 e. The van der Waals surface area contributed by atoms with Crippen LogP contribution >= 0.6 is 0 Å². The zero-order chi connectivity index (χ0) is 21.4. The Balaban J connectivity index is 0.000000221. The highest BCUT2D eigenvalue weighted by Crippen LogP contribution is 2.45. The van der Waals surface area contributed by atoms with E-state index in [1.54, 1.807) is 18.2 Å². The van der Waals surface area contributed by atoms with E-state index in [0.717, 1.165) is 5.56 Å². The fourth-order valence-electron chi connectivity index (χ4n) is 2.55. The zero-order valence-corrected chi connectivity index (χ0v) is 17.0. The lowest BCUT2D eigenvalue weighted by atomic mass is 10.2. The maximum absolute atomic E-state index is 11.9. The number of hydrogen-bond donors (Lipinski definition) is 4. The molecule has 0 spiro atoms. The second-order valence-electron chi connectivity index (χ2n) is 7.15. The number of nitrogens with one attached hydrogen (secondary N) is 1. The maximum atomic E-state index is 11.9. The highest BCUT2D eigenvalue weighted by atomic mass is 32.2. The number of aryl methyl sites for hydroxylation is 1. The monoisotopic (exact) mass is 432 g/mol. The van der Waals surface area contributed by atoms with E-state index in [1.165, 1.54) is 12.1 Å². The number of hydrogen-bond acceptors (Lipinski definition) is 7. The maximum Gasteiger partial charge on any atom is 0.294 e. The van der Waals surface area contributed by atoms with Crippen LogP contribution in [-0.4, -0.2) is 49.3 Å². The van der Waals surface area contributed by atoms with Crippen LogP contribution in [0.15, 0.2) is 41.8 Å². The van der Waals surface area contributed by atoms with Crippen LogP contribution in [0, 0.1) is 12.8 Å². The molecule has 0 radical (unpaired) electrons. The summed E-state index contributed by atoms with van der Waals surface area (Å²) in [5, 5.41) is 9.04. The highest BCUT2D eigenvalue weighted by molar-refractivity contribution is 7.91. The van der Waals surface area contributed by atoms with Crippen LogP contribution in [0.5, 0.6) is 0 Å². The first-order valence-electron chi connectivity index (χ1n) is 8.44. The number of aliphatic hydroxyl groups is 1. The Labute approximate surface area is 164 Å². The lowest BCUT2D eigenvalue weighted by Crippen LogP contribution is -2.50. The molecule has 2 aliphatic rings. The molecule has 28 heavy (non-hydrogen) atoms. The van der Waals surface area contributed by atoms with E-state index in [-0.39, 0.29) is 10.8 Å². The molecule has 0 heterocycles. The van der Waals surface area contributed by atoms with Gasteiger partial charge in [0, 0.05) is 5.92 Å². The average Bonchev–Trinajstić information content (AvgIpc) is 3.50. The fraction of sp³-hybridized carbons (Fsp3) is 0.471. The molecule has 1 aromatic rings. The Morgan fingerprint density at radius 1 is 1.29 bits per heavy atom. The van der Waals surface area contributed by atoms with Gasteiger partial charge in [-0.05, 0) is 38.3 Å². The van der Waals surface area contributed by atoms with Crippen molar-refractivity contribution < 1.29 is 31.3 Å². The van der Waals surface area contributed by atoms with Crippen molar-refractivity contribution in [2.24, 2.45) is 11.7 Å². The van der Waals surface area contributed by atoms with Crippen LogP contribution in [0.1, 0.15) is 24.8 Å². The summed E-state index contributed by atoms with van der Waals surface area (Å²) in [6, 6.07) is 5.99. The summed E-state index contributed by atoms with van der Waals surface area (Å²) in [5.74, 6) is -0.885. The van der Waals surface area contributed by atoms with Gasteiger partial charge in [0.15, 0.2) is 0 Å². The number of amides is 1. The third kappa shape index (κ3) is 4.61. The van der Waals surface area contributed by atoms with Gasteiger partial charge >= 0.3 is 0 Å². The predicted octanol–water partition coefficient (Wildman–Crippen LogP) is 0.102. The molecule has 0 saturated heterocycles. The predicted molar refractivity (Wildman–Crippen MR) is 102 cm³/mol. The van der Waals surface area contributed by atoms with Crippen LogP contribution in [0.25, 0.3) is 0 Å². The Kier molecular flexibility index (Phi) is 6.07. The molecule has 156 valence electrons. The van der Waals surface area contributed by atoms with Crippen molar-refractivity contribution in [1.82, 2.24) is 4.72 Å². The molecular weight excluding hydrogens is 408 g/mol. The first-order valence-corrected chi connectivity index (χ1v) is 11.4. The number of nitrogens with two attached hydrogens (primary N) is 1. The van der Waals surface area contributed by atoms with Crippen molar-refractivity contribution >= 4 is 26.0 Å². The molecule has 5 N–H and O–H groups in total. The van der Waals surface area contributed by atoms with Crippen LogP contribution < -0.4 is 10.5 Å². The van der Waals surface area contributed by atoms with Crippen LogP contribution in [0.3, 0.4) is 0 Å². The number of benzene rings is 1. The third-order valence-corrected chi connectivity index (χ3v) is 7.98. The summed E-state index contributed by atoms with van der Waals surface area (Å²) in [4.78, 5) is 11.7. The largest absolute Gasteiger partial charge is 0.395 e. The minimum atomic E-state index is -4.02. The van der Waals surface area contributed by atoms with Gasteiger partial charge in [0.05, 0.1) is 11.5 Å². The standard InChI is InChI=1S/C10H16N2O4S.C7H8O3S/c1-2-7-5-10(7,11)8(14)12-17(15,16)9(6-13)3-4-9;1-6-2-4-7(5-3-6)11(8,9)10/h2,7,13H,1,3-6,11H2,(H,12,14);2-5H,1H3,(H,8,9,10)/t7-,10-;/m1./s1. The van der Waals surface area contributed by atoms with Crippen molar-refractivity contribution in [2.45, 2.75) is 41.4 Å². The molecule has 2 saturated carbocycles. The topological polar surface area (TPSA) is 164 Å². The lowest BCUT2D eigenvalue weighted by molar-refractivity contribution is -0.121. The molecule has 1 amide bonds. The Morgan fingerprint density at radius 3 is 2.18 bits per heavy atom.